The molecule has 1 aromatic carbocycles. The number of halogens is 4. The second-order valence-electron chi connectivity index (χ2n) is 3.30. The van der Waals surface area contributed by atoms with Gasteiger partial charge >= 0.3 is 35.7 Å². The molecule has 104 valence electrons. The van der Waals surface area contributed by atoms with Crippen LogP contribution in [0.5, 0.6) is 5.75 Å². The van der Waals surface area contributed by atoms with Gasteiger partial charge in [0.2, 0.25) is 0 Å². The van der Waals surface area contributed by atoms with Gasteiger partial charge < -0.3 is 15.6 Å². The maximum absolute atomic E-state index is 12.7. The van der Waals surface area contributed by atoms with E-state index in [-0.39, 0.29) is 50.1 Å². The molecule has 0 N–H and O–H groups in total. The number of hydrogen-bond donors (Lipinski definition) is 0. The van der Waals surface area contributed by atoms with Crippen LogP contribution < -0.4 is 34.3 Å². The smallest absolute Gasteiger partial charge is 1.00 e. The molecule has 1 rings (SSSR count). The molecule has 0 saturated heterocycles. The van der Waals surface area contributed by atoms with E-state index in [4.69, 9.17) is 14.2 Å². The molecule has 0 amide bonds. The minimum atomic E-state index is -4.47. The van der Waals surface area contributed by atoms with Crippen LogP contribution in [-0.2, 0) is 15.7 Å². The third kappa shape index (κ3) is 6.97. The van der Waals surface area contributed by atoms with Gasteiger partial charge in [-0.2, -0.15) is 13.2 Å². The molecule has 0 saturated carbocycles. The van der Waals surface area contributed by atoms with Crippen molar-refractivity contribution < 1.29 is 58.4 Å². The second-order valence-corrected chi connectivity index (χ2v) is 4.22. The second kappa shape index (κ2) is 9.20. The van der Waals surface area contributed by atoms with Gasteiger partial charge in [0.1, 0.15) is 5.75 Å². The van der Waals surface area contributed by atoms with E-state index in [1.807, 2.05) is 0 Å². The van der Waals surface area contributed by atoms with Crippen molar-refractivity contribution in [2.45, 2.75) is 6.18 Å². The Morgan fingerprint density at radius 1 is 1.26 bits per heavy atom. The number of methoxy groups -OCH3 is 1. The Labute approximate surface area is 141 Å². The standard InChI is InChI=1S/C11H12BrF3O3.Na.H/c1-16-4-5-17-7-18-10-3-2-8(12)6-9(10)11(13,14)15;;/h2-3,6H,4-5,7H2,1H3;;/q;+1;-1. The molecule has 0 unspecified atom stereocenters. The molecule has 19 heavy (non-hydrogen) atoms. The van der Waals surface area contributed by atoms with Crippen LogP contribution in [0.3, 0.4) is 0 Å². The maximum Gasteiger partial charge on any atom is 1.00 e. The summed E-state index contributed by atoms with van der Waals surface area (Å²) < 4.78 is 53.0. The van der Waals surface area contributed by atoms with Gasteiger partial charge in [-0.25, -0.2) is 0 Å². The fourth-order valence-electron chi connectivity index (χ4n) is 1.16. The van der Waals surface area contributed by atoms with E-state index in [0.29, 0.717) is 11.1 Å². The molecule has 0 aliphatic carbocycles. The Bertz CT molecular complexity index is 394. The van der Waals surface area contributed by atoms with Gasteiger partial charge in [0.05, 0.1) is 18.8 Å². The van der Waals surface area contributed by atoms with Crippen molar-refractivity contribution in [3.8, 4) is 5.75 Å². The van der Waals surface area contributed by atoms with Crippen molar-refractivity contribution in [3.05, 3.63) is 28.2 Å². The molecule has 8 heteroatoms. The van der Waals surface area contributed by atoms with Gasteiger partial charge in [0.25, 0.3) is 0 Å². The van der Waals surface area contributed by atoms with E-state index in [9.17, 15) is 13.2 Å². The minimum Gasteiger partial charge on any atom is -1.00 e. The molecule has 0 heterocycles. The minimum absolute atomic E-state index is 0. The van der Waals surface area contributed by atoms with Crippen molar-refractivity contribution in [2.24, 2.45) is 0 Å². The summed E-state index contributed by atoms with van der Waals surface area (Å²) in [6, 6.07) is 3.68. The summed E-state index contributed by atoms with van der Waals surface area (Å²) in [5.74, 6) is -0.261. The quantitative estimate of drug-likeness (QED) is 0.426. The van der Waals surface area contributed by atoms with Gasteiger partial charge in [0.15, 0.2) is 6.79 Å². The van der Waals surface area contributed by atoms with Crippen LogP contribution in [0.4, 0.5) is 13.2 Å². The molecule has 0 aromatic heterocycles. The average Bonchev–Trinajstić information content (AvgIpc) is 2.29. The van der Waals surface area contributed by atoms with Gasteiger partial charge in [-0.15, -0.1) is 0 Å². The van der Waals surface area contributed by atoms with Crippen LogP contribution in [0.25, 0.3) is 0 Å². The monoisotopic (exact) mass is 352 g/mol. The number of hydrogen-bond acceptors (Lipinski definition) is 3. The zero-order valence-electron chi connectivity index (χ0n) is 11.6. The first-order chi connectivity index (χ1) is 8.45. The molecule has 0 aliphatic rings. The third-order valence-corrected chi connectivity index (χ3v) is 2.47. The fourth-order valence-corrected chi connectivity index (χ4v) is 1.52. The van der Waals surface area contributed by atoms with Crippen molar-refractivity contribution in [3.63, 3.8) is 0 Å². The zero-order valence-corrected chi connectivity index (χ0v) is 14.2. The summed E-state index contributed by atoms with van der Waals surface area (Å²) in [5.41, 5.74) is -0.841. The molecule has 0 radical (unpaired) electrons. The van der Waals surface area contributed by atoms with Gasteiger partial charge in [-0.1, -0.05) is 15.9 Å². The number of rotatable bonds is 6. The molecule has 0 bridgehead atoms. The SMILES string of the molecule is COCCOCOc1ccc(Br)cc1C(F)(F)F.[H-].[Na+]. The number of alkyl halides is 3. The molecule has 1 aromatic rings. The fraction of sp³-hybridized carbons (Fsp3) is 0.455. The Morgan fingerprint density at radius 2 is 1.95 bits per heavy atom. The summed E-state index contributed by atoms with van der Waals surface area (Å²) in [6.45, 7) is 0.359. The van der Waals surface area contributed by atoms with Gasteiger partial charge in [0, 0.05) is 11.6 Å². The number of ether oxygens (including phenoxy) is 3. The Kier molecular flexibility index (Phi) is 9.30. The van der Waals surface area contributed by atoms with Crippen molar-refractivity contribution in [1.29, 1.82) is 0 Å². The summed E-state index contributed by atoms with van der Waals surface area (Å²) in [6.07, 6.45) is -4.47. The first-order valence-electron chi connectivity index (χ1n) is 5.01. The van der Waals surface area contributed by atoms with Crippen LogP contribution in [0.2, 0.25) is 0 Å². The summed E-state index contributed by atoms with van der Waals surface area (Å²) in [4.78, 5) is 0. The van der Waals surface area contributed by atoms with Crippen LogP contribution >= 0.6 is 15.9 Å². The van der Waals surface area contributed by atoms with Crippen LogP contribution in [0, 0.1) is 0 Å². The van der Waals surface area contributed by atoms with E-state index in [1.165, 1.54) is 19.2 Å². The largest absolute Gasteiger partial charge is 1.00 e. The summed E-state index contributed by atoms with van der Waals surface area (Å²) >= 11 is 2.99. The van der Waals surface area contributed by atoms with Crippen LogP contribution in [0.15, 0.2) is 22.7 Å². The van der Waals surface area contributed by atoms with Crippen molar-refractivity contribution >= 4 is 15.9 Å². The molecular formula is C11H13BrF3NaO3. The maximum atomic E-state index is 12.7. The summed E-state index contributed by atoms with van der Waals surface area (Å²) in [5, 5.41) is 0. The normalized spacial score (nSPS) is 11.0. The molecule has 3 nitrogen and oxygen atoms in total. The Hall–Kier alpha value is 0.210. The third-order valence-electron chi connectivity index (χ3n) is 1.98. The van der Waals surface area contributed by atoms with E-state index in [2.05, 4.69) is 15.9 Å². The van der Waals surface area contributed by atoms with Gasteiger partial charge in [-0.3, -0.25) is 0 Å². The zero-order chi connectivity index (χ0) is 13.6. The topological polar surface area (TPSA) is 27.7 Å². The van der Waals surface area contributed by atoms with Crippen molar-refractivity contribution in [2.75, 3.05) is 27.1 Å². The predicted octanol–water partition coefficient (Wildman–Crippen LogP) is 0.584. The van der Waals surface area contributed by atoms with E-state index in [0.717, 1.165) is 6.07 Å². The Balaban J connectivity index is 0. The molecule has 0 spiro atoms. The van der Waals surface area contributed by atoms with Gasteiger partial charge in [-0.05, 0) is 18.2 Å². The first kappa shape index (κ1) is 19.2. The summed E-state index contributed by atoms with van der Waals surface area (Å²) in [7, 11) is 1.50. The molecular weight excluding hydrogens is 340 g/mol. The first-order valence-corrected chi connectivity index (χ1v) is 5.80. The van der Waals surface area contributed by atoms with Crippen molar-refractivity contribution in [1.82, 2.24) is 0 Å². The number of benzene rings is 1. The predicted molar refractivity (Wildman–Crippen MR) is 63.6 cm³/mol. The molecule has 0 fully saturated rings. The average molecular weight is 353 g/mol. The van der Waals surface area contributed by atoms with E-state index < -0.39 is 11.7 Å². The molecule has 0 atom stereocenters. The Morgan fingerprint density at radius 3 is 2.53 bits per heavy atom. The molecule has 0 aliphatic heterocycles. The van der Waals surface area contributed by atoms with E-state index in [1.54, 1.807) is 0 Å². The van der Waals surface area contributed by atoms with E-state index >= 15 is 0 Å². The van der Waals surface area contributed by atoms with Crippen LogP contribution in [0.1, 0.15) is 6.99 Å². The van der Waals surface area contributed by atoms with Crippen LogP contribution in [-0.4, -0.2) is 27.1 Å².